The lowest BCUT2D eigenvalue weighted by Crippen LogP contribution is -2.33. The number of alkyl carbamates (subject to hydrolysis) is 1. The fourth-order valence-corrected chi connectivity index (χ4v) is 1.81. The molecule has 0 saturated heterocycles. The summed E-state index contributed by atoms with van der Waals surface area (Å²) in [5, 5.41) is 11.2. The second-order valence-corrected chi connectivity index (χ2v) is 6.15. The van der Waals surface area contributed by atoms with E-state index < -0.39 is 23.6 Å². The number of rotatable bonds is 7. The number of esters is 1. The second kappa shape index (κ2) is 8.90. The van der Waals surface area contributed by atoms with Crippen LogP contribution in [0, 0.1) is 0 Å². The highest BCUT2D eigenvalue weighted by Gasteiger charge is 2.16. The number of benzene rings is 1. The van der Waals surface area contributed by atoms with E-state index in [-0.39, 0.29) is 12.8 Å². The largest absolute Gasteiger partial charge is 0.481 e. The molecule has 1 amide bonds. The Morgan fingerprint density at radius 2 is 1.79 bits per heavy atom. The summed E-state index contributed by atoms with van der Waals surface area (Å²) in [4.78, 5) is 33.7. The Labute approximate surface area is 141 Å². The number of ether oxygens (including phenoxy) is 2. The van der Waals surface area contributed by atoms with Crippen LogP contribution in [0.3, 0.4) is 0 Å². The maximum atomic E-state index is 11.6. The molecule has 1 aromatic carbocycles. The summed E-state index contributed by atoms with van der Waals surface area (Å²) in [6.07, 6.45) is -0.540. The number of para-hydroxylation sites is 1. The van der Waals surface area contributed by atoms with E-state index in [0.717, 1.165) is 5.56 Å². The summed E-state index contributed by atoms with van der Waals surface area (Å²) >= 11 is 0. The number of carboxylic acids is 1. The van der Waals surface area contributed by atoms with Crippen molar-refractivity contribution in [3.63, 3.8) is 0 Å². The van der Waals surface area contributed by atoms with Gasteiger partial charge in [0.1, 0.15) is 11.4 Å². The van der Waals surface area contributed by atoms with Crippen molar-refractivity contribution >= 4 is 18.0 Å². The van der Waals surface area contributed by atoms with Gasteiger partial charge in [0.15, 0.2) is 0 Å². The summed E-state index contributed by atoms with van der Waals surface area (Å²) in [5.41, 5.74) is 0.166. The van der Waals surface area contributed by atoms with Gasteiger partial charge in [0.25, 0.3) is 0 Å². The minimum absolute atomic E-state index is 0.195. The smallest absolute Gasteiger partial charge is 0.407 e. The Morgan fingerprint density at radius 3 is 2.42 bits per heavy atom. The molecule has 0 aliphatic heterocycles. The summed E-state index contributed by atoms with van der Waals surface area (Å²) in [7, 11) is 0. The van der Waals surface area contributed by atoms with Crippen molar-refractivity contribution < 1.29 is 29.0 Å². The second-order valence-electron chi connectivity index (χ2n) is 6.15. The summed E-state index contributed by atoms with van der Waals surface area (Å²) < 4.78 is 10.3. The molecule has 0 spiro atoms. The van der Waals surface area contributed by atoms with Crippen LogP contribution in [-0.2, 0) is 20.7 Å². The van der Waals surface area contributed by atoms with Gasteiger partial charge >= 0.3 is 18.0 Å². The lowest BCUT2D eigenvalue weighted by Gasteiger charge is -2.19. The van der Waals surface area contributed by atoms with E-state index in [1.165, 1.54) is 0 Å². The van der Waals surface area contributed by atoms with Crippen LogP contribution in [0.15, 0.2) is 24.3 Å². The van der Waals surface area contributed by atoms with E-state index in [0.29, 0.717) is 18.7 Å². The number of hydrogen-bond acceptors (Lipinski definition) is 5. The summed E-state index contributed by atoms with van der Waals surface area (Å²) in [5.74, 6) is -1.30. The molecule has 7 heteroatoms. The minimum Gasteiger partial charge on any atom is -0.481 e. The van der Waals surface area contributed by atoms with Gasteiger partial charge in [0, 0.05) is 6.54 Å². The van der Waals surface area contributed by atoms with Crippen LogP contribution in [0.5, 0.6) is 5.75 Å². The average Bonchev–Trinajstić information content (AvgIpc) is 2.45. The van der Waals surface area contributed by atoms with Gasteiger partial charge in [-0.3, -0.25) is 9.59 Å². The van der Waals surface area contributed by atoms with Crippen molar-refractivity contribution in [1.29, 1.82) is 0 Å². The monoisotopic (exact) mass is 337 g/mol. The number of hydrogen-bond donors (Lipinski definition) is 2. The van der Waals surface area contributed by atoms with E-state index in [1.54, 1.807) is 45.0 Å². The van der Waals surface area contributed by atoms with Crippen LogP contribution in [-0.4, -0.2) is 35.3 Å². The van der Waals surface area contributed by atoms with Gasteiger partial charge in [-0.15, -0.1) is 0 Å². The third-order valence-electron chi connectivity index (χ3n) is 2.80. The molecule has 132 valence electrons. The van der Waals surface area contributed by atoms with Crippen LogP contribution in [0.25, 0.3) is 0 Å². The molecule has 0 aliphatic carbocycles. The molecule has 2 N–H and O–H groups in total. The Balaban J connectivity index is 2.53. The molecular formula is C17H23NO6. The zero-order valence-corrected chi connectivity index (χ0v) is 14.1. The molecule has 1 rings (SSSR count). The van der Waals surface area contributed by atoms with Gasteiger partial charge in [0.2, 0.25) is 0 Å². The average molecular weight is 337 g/mol. The van der Waals surface area contributed by atoms with Gasteiger partial charge in [-0.05, 0) is 38.8 Å². The maximum absolute atomic E-state index is 11.6. The third kappa shape index (κ3) is 8.17. The number of nitrogens with one attached hydrogen (secondary N) is 1. The van der Waals surface area contributed by atoms with Gasteiger partial charge in [0.05, 0.1) is 12.8 Å². The molecule has 0 bridgehead atoms. The maximum Gasteiger partial charge on any atom is 0.407 e. The van der Waals surface area contributed by atoms with Gasteiger partial charge in [-0.1, -0.05) is 18.2 Å². The zero-order chi connectivity index (χ0) is 18.2. The van der Waals surface area contributed by atoms with E-state index in [4.69, 9.17) is 14.6 Å². The highest BCUT2D eigenvalue weighted by Crippen LogP contribution is 2.19. The number of carbonyl (C=O) groups excluding carboxylic acids is 2. The van der Waals surface area contributed by atoms with Crippen molar-refractivity contribution in [3.05, 3.63) is 29.8 Å². The van der Waals surface area contributed by atoms with Crippen molar-refractivity contribution in [3.8, 4) is 5.75 Å². The molecule has 0 aliphatic rings. The summed E-state index contributed by atoms with van der Waals surface area (Å²) in [6, 6.07) is 6.90. The number of carboxylic acid groups (broad SMARTS) is 1. The quantitative estimate of drug-likeness (QED) is 0.585. The molecule has 0 fully saturated rings. The zero-order valence-electron chi connectivity index (χ0n) is 14.1. The molecule has 0 aromatic heterocycles. The van der Waals surface area contributed by atoms with E-state index in [1.807, 2.05) is 0 Å². The third-order valence-corrected chi connectivity index (χ3v) is 2.80. The van der Waals surface area contributed by atoms with Crippen LogP contribution in [0.2, 0.25) is 0 Å². The van der Waals surface area contributed by atoms with Crippen LogP contribution >= 0.6 is 0 Å². The Bertz CT molecular complexity index is 591. The van der Waals surface area contributed by atoms with Crippen molar-refractivity contribution in [2.24, 2.45) is 0 Å². The first-order chi connectivity index (χ1) is 11.2. The minimum atomic E-state index is -1.05. The van der Waals surface area contributed by atoms with Gasteiger partial charge in [-0.2, -0.15) is 0 Å². The number of amides is 1. The first-order valence-corrected chi connectivity index (χ1v) is 7.64. The molecule has 7 nitrogen and oxygen atoms in total. The predicted molar refractivity (Wildman–Crippen MR) is 86.9 cm³/mol. The van der Waals surface area contributed by atoms with Gasteiger partial charge < -0.3 is 19.9 Å². The fourth-order valence-electron chi connectivity index (χ4n) is 1.81. The van der Waals surface area contributed by atoms with Crippen molar-refractivity contribution in [1.82, 2.24) is 5.32 Å². The molecule has 24 heavy (non-hydrogen) atoms. The predicted octanol–water partition coefficient (Wildman–Crippen LogP) is 2.52. The fraction of sp³-hybridized carbons (Fsp3) is 0.471. The lowest BCUT2D eigenvalue weighted by atomic mass is 10.1. The molecule has 0 radical (unpaired) electrons. The van der Waals surface area contributed by atoms with E-state index in [9.17, 15) is 14.4 Å². The number of carbonyl (C=O) groups is 3. The van der Waals surface area contributed by atoms with Crippen LogP contribution < -0.4 is 10.1 Å². The van der Waals surface area contributed by atoms with Crippen molar-refractivity contribution in [2.75, 3.05) is 6.54 Å². The molecule has 1 aromatic rings. The normalized spacial score (nSPS) is 10.8. The van der Waals surface area contributed by atoms with E-state index >= 15 is 0 Å². The molecule has 0 atom stereocenters. The first-order valence-electron chi connectivity index (χ1n) is 7.64. The van der Waals surface area contributed by atoms with Crippen LogP contribution in [0.1, 0.15) is 39.2 Å². The molecule has 0 heterocycles. The van der Waals surface area contributed by atoms with Crippen molar-refractivity contribution in [2.45, 2.75) is 45.6 Å². The molecular weight excluding hydrogens is 314 g/mol. The molecule has 0 unspecified atom stereocenters. The SMILES string of the molecule is CC(C)(C)OC(=O)NCCc1ccccc1OC(=O)CCC(=O)O. The highest BCUT2D eigenvalue weighted by atomic mass is 16.6. The number of aliphatic carboxylic acids is 1. The molecule has 0 saturated carbocycles. The van der Waals surface area contributed by atoms with E-state index in [2.05, 4.69) is 5.32 Å². The Morgan fingerprint density at radius 1 is 1.12 bits per heavy atom. The van der Waals surface area contributed by atoms with Crippen LogP contribution in [0.4, 0.5) is 4.79 Å². The summed E-state index contributed by atoms with van der Waals surface area (Å²) in [6.45, 7) is 5.65. The first kappa shape index (κ1) is 19.5. The lowest BCUT2D eigenvalue weighted by molar-refractivity contribution is -0.142. The Hall–Kier alpha value is -2.57. The van der Waals surface area contributed by atoms with Gasteiger partial charge in [-0.25, -0.2) is 4.79 Å². The highest BCUT2D eigenvalue weighted by molar-refractivity contribution is 5.78. The Kier molecular flexibility index (Phi) is 7.23. The standard InChI is InChI=1S/C17H23NO6/c1-17(2,3)24-16(22)18-11-10-12-6-4-5-7-13(12)23-15(21)9-8-14(19)20/h4-7H,8-11H2,1-3H3,(H,18,22)(H,19,20). The topological polar surface area (TPSA) is 102 Å².